The average Bonchev–Trinajstić information content (AvgIpc) is 2.27. The van der Waals surface area contributed by atoms with E-state index in [4.69, 9.17) is 0 Å². The first kappa shape index (κ1) is 13.1. The molecule has 98 valence electrons. The highest BCUT2D eigenvalue weighted by molar-refractivity contribution is 5.78. The summed E-state index contributed by atoms with van der Waals surface area (Å²) in [6.45, 7) is 9.42. The molecular weight excluding hydrogens is 229 g/mol. The second kappa shape index (κ2) is 4.38. The van der Waals surface area contributed by atoms with Gasteiger partial charge in [0.1, 0.15) is 5.82 Å². The van der Waals surface area contributed by atoms with Gasteiger partial charge in [-0.15, -0.1) is 0 Å². The zero-order chi connectivity index (χ0) is 13.5. The van der Waals surface area contributed by atoms with Gasteiger partial charge >= 0.3 is 0 Å². The molecule has 1 aromatic rings. The van der Waals surface area contributed by atoms with Crippen LogP contribution >= 0.6 is 0 Å². The molecule has 0 fully saturated rings. The molecule has 0 radical (unpaired) electrons. The third kappa shape index (κ3) is 1.92. The average molecular weight is 249 g/mol. The molecule has 3 heteroatoms. The number of carbonyl (C=O) groups excluding carboxylic acids is 1. The zero-order valence-electron chi connectivity index (χ0n) is 11.5. The van der Waals surface area contributed by atoms with E-state index in [1.165, 1.54) is 6.07 Å². The van der Waals surface area contributed by atoms with E-state index >= 15 is 0 Å². The number of halogens is 1. The fourth-order valence-electron chi connectivity index (χ4n) is 3.21. The van der Waals surface area contributed by atoms with Gasteiger partial charge in [0.15, 0.2) is 6.29 Å². The van der Waals surface area contributed by atoms with Gasteiger partial charge in [-0.25, -0.2) is 4.39 Å². The van der Waals surface area contributed by atoms with Gasteiger partial charge in [-0.05, 0) is 50.8 Å². The minimum Gasteiger partial charge on any atom is -0.366 e. The Morgan fingerprint density at radius 1 is 1.50 bits per heavy atom. The fourth-order valence-corrected chi connectivity index (χ4v) is 3.21. The molecule has 0 unspecified atom stereocenters. The van der Waals surface area contributed by atoms with Crippen molar-refractivity contribution < 1.29 is 9.18 Å². The monoisotopic (exact) mass is 249 g/mol. The van der Waals surface area contributed by atoms with Crippen LogP contribution in [0.15, 0.2) is 12.1 Å². The number of aldehydes is 1. The summed E-state index contributed by atoms with van der Waals surface area (Å²) in [5.41, 5.74) is 2.21. The van der Waals surface area contributed by atoms with E-state index in [9.17, 15) is 9.18 Å². The molecule has 1 aliphatic rings. The van der Waals surface area contributed by atoms with Crippen LogP contribution < -0.4 is 4.90 Å². The number of anilines is 1. The van der Waals surface area contributed by atoms with Crippen LogP contribution in [0.1, 0.15) is 56.0 Å². The Labute approximate surface area is 108 Å². The molecule has 1 heterocycles. The summed E-state index contributed by atoms with van der Waals surface area (Å²) in [5, 5.41) is 0. The summed E-state index contributed by atoms with van der Waals surface area (Å²) in [6.07, 6.45) is 1.61. The van der Waals surface area contributed by atoms with Crippen LogP contribution in [0.2, 0.25) is 0 Å². The smallest absolute Gasteiger partial charge is 0.153 e. The zero-order valence-corrected chi connectivity index (χ0v) is 11.5. The maximum absolute atomic E-state index is 13.8. The van der Waals surface area contributed by atoms with Crippen molar-refractivity contribution in [3.63, 3.8) is 0 Å². The van der Waals surface area contributed by atoms with Gasteiger partial charge in [-0.1, -0.05) is 6.92 Å². The van der Waals surface area contributed by atoms with Crippen molar-refractivity contribution in [2.75, 3.05) is 11.4 Å². The van der Waals surface area contributed by atoms with Gasteiger partial charge < -0.3 is 4.90 Å². The Balaban J connectivity index is 2.62. The predicted molar refractivity (Wildman–Crippen MR) is 71.9 cm³/mol. The predicted octanol–water partition coefficient (Wildman–Crippen LogP) is 3.75. The lowest BCUT2D eigenvalue weighted by Gasteiger charge is -2.47. The summed E-state index contributed by atoms with van der Waals surface area (Å²) >= 11 is 0. The Morgan fingerprint density at radius 3 is 2.72 bits per heavy atom. The van der Waals surface area contributed by atoms with Gasteiger partial charge in [0.25, 0.3) is 0 Å². The lowest BCUT2D eigenvalue weighted by molar-refractivity contribution is 0.111. The lowest BCUT2D eigenvalue weighted by Crippen LogP contribution is -2.48. The quantitative estimate of drug-likeness (QED) is 0.744. The Bertz CT molecular complexity index is 482. The SMILES string of the molecule is CCN1c2cc(F)c(C=O)cc2[C@@H](C)CC1(C)C. The molecule has 0 saturated carbocycles. The summed E-state index contributed by atoms with van der Waals surface area (Å²) < 4.78 is 13.8. The molecule has 1 aromatic carbocycles. The van der Waals surface area contributed by atoms with E-state index in [-0.39, 0.29) is 11.1 Å². The number of benzene rings is 1. The van der Waals surface area contributed by atoms with Crippen LogP contribution in [0.5, 0.6) is 0 Å². The van der Waals surface area contributed by atoms with Crippen LogP contribution in [-0.2, 0) is 0 Å². The summed E-state index contributed by atoms with van der Waals surface area (Å²) in [6, 6.07) is 3.22. The van der Waals surface area contributed by atoms with Gasteiger partial charge in [0, 0.05) is 17.8 Å². The van der Waals surface area contributed by atoms with Crippen LogP contribution in [0, 0.1) is 5.82 Å². The second-order valence-corrected chi connectivity index (χ2v) is 5.71. The van der Waals surface area contributed by atoms with Gasteiger partial charge in [-0.2, -0.15) is 0 Å². The Morgan fingerprint density at radius 2 is 2.17 bits per heavy atom. The third-order valence-electron chi connectivity index (χ3n) is 3.95. The van der Waals surface area contributed by atoms with Crippen molar-refractivity contribution in [2.24, 2.45) is 0 Å². The summed E-state index contributed by atoms with van der Waals surface area (Å²) in [5.74, 6) is -0.0794. The van der Waals surface area contributed by atoms with E-state index in [0.29, 0.717) is 12.2 Å². The van der Waals surface area contributed by atoms with Crippen LogP contribution in [-0.4, -0.2) is 18.4 Å². The van der Waals surface area contributed by atoms with E-state index in [1.807, 2.05) is 0 Å². The van der Waals surface area contributed by atoms with Gasteiger partial charge in [0.2, 0.25) is 0 Å². The van der Waals surface area contributed by atoms with Crippen LogP contribution in [0.25, 0.3) is 0 Å². The standard InChI is InChI=1S/C15H20FNO/c1-5-17-14-7-13(16)11(9-18)6-12(14)10(2)8-15(17,3)4/h6-7,9-10H,5,8H2,1-4H3/t10-/m0/s1. The van der Waals surface area contributed by atoms with Crippen molar-refractivity contribution in [1.29, 1.82) is 0 Å². The van der Waals surface area contributed by atoms with Crippen LogP contribution in [0.4, 0.5) is 10.1 Å². The highest BCUT2D eigenvalue weighted by atomic mass is 19.1. The Hall–Kier alpha value is -1.38. The number of hydrogen-bond donors (Lipinski definition) is 0. The summed E-state index contributed by atoms with van der Waals surface area (Å²) in [4.78, 5) is 13.1. The maximum atomic E-state index is 13.8. The number of fused-ring (bicyclic) bond motifs is 1. The molecule has 0 N–H and O–H groups in total. The largest absolute Gasteiger partial charge is 0.366 e. The van der Waals surface area contributed by atoms with Crippen molar-refractivity contribution in [3.05, 3.63) is 29.1 Å². The molecule has 0 aromatic heterocycles. The molecule has 2 rings (SSSR count). The van der Waals surface area contributed by atoms with E-state index in [2.05, 4.69) is 32.6 Å². The minimum absolute atomic E-state index is 0.0241. The van der Waals surface area contributed by atoms with Crippen molar-refractivity contribution >= 4 is 12.0 Å². The lowest BCUT2D eigenvalue weighted by atomic mass is 9.79. The topological polar surface area (TPSA) is 20.3 Å². The summed E-state index contributed by atoms with van der Waals surface area (Å²) in [7, 11) is 0. The Kier molecular flexibility index (Phi) is 3.18. The normalized spacial score (nSPS) is 21.6. The highest BCUT2D eigenvalue weighted by Crippen LogP contribution is 2.43. The molecule has 18 heavy (non-hydrogen) atoms. The molecule has 1 atom stereocenters. The van der Waals surface area contributed by atoms with Crippen molar-refractivity contribution in [2.45, 2.75) is 45.6 Å². The van der Waals surface area contributed by atoms with E-state index < -0.39 is 5.82 Å². The molecule has 1 aliphatic heterocycles. The number of hydrogen-bond acceptors (Lipinski definition) is 2. The number of nitrogens with zero attached hydrogens (tertiary/aromatic N) is 1. The minimum atomic E-state index is -0.424. The third-order valence-corrected chi connectivity index (χ3v) is 3.95. The first-order chi connectivity index (χ1) is 8.40. The first-order valence-corrected chi connectivity index (χ1v) is 6.47. The van der Waals surface area contributed by atoms with Crippen LogP contribution in [0.3, 0.4) is 0 Å². The molecule has 0 saturated heterocycles. The molecule has 0 amide bonds. The van der Waals surface area contributed by atoms with Gasteiger partial charge in [0.05, 0.1) is 5.56 Å². The molecule has 0 aliphatic carbocycles. The molecular formula is C15H20FNO. The van der Waals surface area contributed by atoms with Crippen molar-refractivity contribution in [3.8, 4) is 0 Å². The van der Waals surface area contributed by atoms with E-state index in [1.54, 1.807) is 6.07 Å². The van der Waals surface area contributed by atoms with Gasteiger partial charge in [-0.3, -0.25) is 4.79 Å². The van der Waals surface area contributed by atoms with Crippen molar-refractivity contribution in [1.82, 2.24) is 0 Å². The molecule has 2 nitrogen and oxygen atoms in total. The molecule has 0 spiro atoms. The highest BCUT2D eigenvalue weighted by Gasteiger charge is 2.36. The molecule has 0 bridgehead atoms. The number of carbonyl (C=O) groups is 1. The second-order valence-electron chi connectivity index (χ2n) is 5.71. The van der Waals surface area contributed by atoms with E-state index in [0.717, 1.165) is 24.2 Å². The maximum Gasteiger partial charge on any atom is 0.153 e. The first-order valence-electron chi connectivity index (χ1n) is 6.47. The number of rotatable bonds is 2. The fraction of sp³-hybridized carbons (Fsp3) is 0.533.